The summed E-state index contributed by atoms with van der Waals surface area (Å²) in [7, 11) is 0. The van der Waals surface area contributed by atoms with Crippen LogP contribution in [0.2, 0.25) is 0 Å². The van der Waals surface area contributed by atoms with Crippen LogP contribution < -0.4 is 0 Å². The van der Waals surface area contributed by atoms with Crippen LogP contribution in [0.15, 0.2) is 54.1 Å². The third-order valence-electron chi connectivity index (χ3n) is 3.45. The van der Waals surface area contributed by atoms with E-state index >= 15 is 0 Å². The summed E-state index contributed by atoms with van der Waals surface area (Å²) in [6, 6.07) is 11.9. The van der Waals surface area contributed by atoms with Crippen LogP contribution in [0.1, 0.15) is 24.8 Å². The van der Waals surface area contributed by atoms with Crippen LogP contribution in [0.5, 0.6) is 5.75 Å². The zero-order valence-corrected chi connectivity index (χ0v) is 10.3. The summed E-state index contributed by atoms with van der Waals surface area (Å²) in [4.78, 5) is 0. The molecule has 0 aromatic heterocycles. The van der Waals surface area contributed by atoms with Crippen LogP contribution in [0, 0.1) is 0 Å². The molecule has 0 spiro atoms. The average molecular weight is 236 g/mol. The van der Waals surface area contributed by atoms with E-state index in [9.17, 15) is 5.11 Å². The Morgan fingerprint density at radius 3 is 2.78 bits per heavy atom. The van der Waals surface area contributed by atoms with Gasteiger partial charge in [-0.15, -0.1) is 0 Å². The first-order chi connectivity index (χ1) is 8.84. The maximum absolute atomic E-state index is 10.1. The molecule has 0 saturated carbocycles. The average Bonchev–Trinajstić information content (AvgIpc) is 2.43. The minimum Gasteiger partial charge on any atom is -0.507 e. The predicted octanol–water partition coefficient (Wildman–Crippen LogP) is 4.67. The van der Waals surface area contributed by atoms with Crippen molar-refractivity contribution < 1.29 is 5.11 Å². The molecule has 18 heavy (non-hydrogen) atoms. The number of phenolic OH excluding ortho intramolecular Hbond substituents is 1. The van der Waals surface area contributed by atoms with E-state index in [0.717, 1.165) is 17.4 Å². The fourth-order valence-electron chi connectivity index (χ4n) is 2.48. The van der Waals surface area contributed by atoms with Gasteiger partial charge in [0, 0.05) is 5.56 Å². The van der Waals surface area contributed by atoms with Crippen LogP contribution >= 0.6 is 0 Å². The van der Waals surface area contributed by atoms with Gasteiger partial charge in [0.1, 0.15) is 5.75 Å². The van der Waals surface area contributed by atoms with Crippen LogP contribution in [0.25, 0.3) is 16.8 Å². The van der Waals surface area contributed by atoms with E-state index in [4.69, 9.17) is 0 Å². The van der Waals surface area contributed by atoms with Crippen LogP contribution in [0.3, 0.4) is 0 Å². The lowest BCUT2D eigenvalue weighted by Crippen LogP contribution is -1.88. The lowest BCUT2D eigenvalue weighted by Gasteiger charge is -2.10. The lowest BCUT2D eigenvalue weighted by molar-refractivity contribution is 0.475. The largest absolute Gasteiger partial charge is 0.507 e. The Balaban J connectivity index is 2.18. The van der Waals surface area contributed by atoms with Gasteiger partial charge in [-0.3, -0.25) is 0 Å². The maximum Gasteiger partial charge on any atom is 0.123 e. The molecule has 2 aromatic carbocycles. The van der Waals surface area contributed by atoms with Gasteiger partial charge in [0.25, 0.3) is 0 Å². The Kier molecular flexibility index (Phi) is 2.89. The molecule has 0 amide bonds. The second kappa shape index (κ2) is 4.69. The molecule has 0 aliphatic heterocycles. The van der Waals surface area contributed by atoms with Crippen molar-refractivity contribution in [1.82, 2.24) is 0 Å². The molecule has 0 unspecified atom stereocenters. The predicted molar refractivity (Wildman–Crippen MR) is 76.6 cm³/mol. The van der Waals surface area contributed by atoms with Crippen LogP contribution in [-0.4, -0.2) is 5.11 Å². The molecule has 1 nitrogen and oxygen atoms in total. The van der Waals surface area contributed by atoms with E-state index in [1.165, 1.54) is 23.8 Å². The molecule has 0 heterocycles. The van der Waals surface area contributed by atoms with Gasteiger partial charge < -0.3 is 5.11 Å². The van der Waals surface area contributed by atoms with Crippen molar-refractivity contribution >= 4 is 16.8 Å². The summed E-state index contributed by atoms with van der Waals surface area (Å²) in [6.07, 6.45) is 9.96. The Morgan fingerprint density at radius 2 is 1.94 bits per heavy atom. The summed E-state index contributed by atoms with van der Waals surface area (Å²) < 4.78 is 0. The monoisotopic (exact) mass is 236 g/mol. The summed E-state index contributed by atoms with van der Waals surface area (Å²) >= 11 is 0. The standard InChI is InChI=1S/C17H16O/c18-17-11-10-14-8-4-5-9-15(14)16(17)12-13-6-2-1-3-7-13/h2,4-6,8-12,18H,1,3,7H2/b13-12+. The third-order valence-corrected chi connectivity index (χ3v) is 3.45. The minimum atomic E-state index is 0.361. The first kappa shape index (κ1) is 11.1. The van der Waals surface area contributed by atoms with Gasteiger partial charge >= 0.3 is 0 Å². The van der Waals surface area contributed by atoms with Gasteiger partial charge in [-0.2, -0.15) is 0 Å². The number of benzene rings is 2. The van der Waals surface area contributed by atoms with Gasteiger partial charge in [-0.25, -0.2) is 0 Å². The second-order valence-corrected chi connectivity index (χ2v) is 4.73. The Labute approximate surface area is 107 Å². The summed E-state index contributed by atoms with van der Waals surface area (Å²) in [5.41, 5.74) is 2.24. The smallest absolute Gasteiger partial charge is 0.123 e. The third kappa shape index (κ3) is 2.04. The van der Waals surface area contributed by atoms with Gasteiger partial charge in [0.15, 0.2) is 0 Å². The van der Waals surface area contributed by atoms with Crippen molar-refractivity contribution in [2.45, 2.75) is 19.3 Å². The quantitative estimate of drug-likeness (QED) is 0.763. The van der Waals surface area contributed by atoms with Gasteiger partial charge in [0.05, 0.1) is 0 Å². The van der Waals surface area contributed by atoms with E-state index in [-0.39, 0.29) is 0 Å². The minimum absolute atomic E-state index is 0.361. The topological polar surface area (TPSA) is 20.2 Å². The Morgan fingerprint density at radius 1 is 1.06 bits per heavy atom. The molecule has 0 radical (unpaired) electrons. The first-order valence-electron chi connectivity index (χ1n) is 6.42. The molecule has 1 aliphatic rings. The number of aromatic hydroxyl groups is 1. The van der Waals surface area contributed by atoms with Gasteiger partial charge in [-0.1, -0.05) is 42.5 Å². The number of allylic oxidation sites excluding steroid dienone is 3. The highest BCUT2D eigenvalue weighted by Crippen LogP contribution is 2.30. The van der Waals surface area contributed by atoms with Crippen LogP contribution in [-0.2, 0) is 0 Å². The number of hydrogen-bond donors (Lipinski definition) is 1. The number of hydrogen-bond acceptors (Lipinski definition) is 1. The first-order valence-corrected chi connectivity index (χ1v) is 6.42. The SMILES string of the molecule is Oc1ccc2ccccc2c1/C=C1\C=CCCC1. The summed E-state index contributed by atoms with van der Waals surface area (Å²) in [5, 5.41) is 12.4. The highest BCUT2D eigenvalue weighted by Gasteiger charge is 2.06. The molecule has 1 heteroatoms. The molecule has 0 fully saturated rings. The van der Waals surface area contributed by atoms with Crippen LogP contribution in [0.4, 0.5) is 0 Å². The zero-order valence-electron chi connectivity index (χ0n) is 10.3. The van der Waals surface area contributed by atoms with Crippen molar-refractivity contribution in [3.8, 4) is 5.75 Å². The van der Waals surface area contributed by atoms with E-state index < -0.39 is 0 Å². The fraction of sp³-hybridized carbons (Fsp3) is 0.176. The molecule has 2 aromatic rings. The molecule has 3 rings (SSSR count). The highest BCUT2D eigenvalue weighted by atomic mass is 16.3. The van der Waals surface area contributed by atoms with E-state index in [1.54, 1.807) is 6.07 Å². The number of fused-ring (bicyclic) bond motifs is 1. The van der Waals surface area contributed by atoms with E-state index in [0.29, 0.717) is 5.75 Å². The van der Waals surface area contributed by atoms with Gasteiger partial charge in [0.2, 0.25) is 0 Å². The van der Waals surface area contributed by atoms with E-state index in [1.807, 2.05) is 18.2 Å². The lowest BCUT2D eigenvalue weighted by atomic mass is 9.96. The van der Waals surface area contributed by atoms with Crippen molar-refractivity contribution in [3.63, 3.8) is 0 Å². The number of rotatable bonds is 1. The summed E-state index contributed by atoms with van der Waals surface area (Å²) in [5.74, 6) is 0.361. The van der Waals surface area contributed by atoms with E-state index in [2.05, 4.69) is 30.4 Å². The van der Waals surface area contributed by atoms with Crippen molar-refractivity contribution in [2.75, 3.05) is 0 Å². The fourth-order valence-corrected chi connectivity index (χ4v) is 2.48. The molecule has 90 valence electrons. The van der Waals surface area contributed by atoms with Gasteiger partial charge in [-0.05, 0) is 47.8 Å². The van der Waals surface area contributed by atoms with Crippen molar-refractivity contribution in [3.05, 3.63) is 59.7 Å². The van der Waals surface area contributed by atoms with Crippen molar-refractivity contribution in [1.29, 1.82) is 0 Å². The molecule has 0 atom stereocenters. The molecule has 1 N–H and O–H groups in total. The van der Waals surface area contributed by atoms with Crippen molar-refractivity contribution in [2.24, 2.45) is 0 Å². The molecule has 0 bridgehead atoms. The molecule has 0 saturated heterocycles. The molecular formula is C17H16O. The molecular weight excluding hydrogens is 220 g/mol. The second-order valence-electron chi connectivity index (χ2n) is 4.73. The number of phenols is 1. The molecule has 1 aliphatic carbocycles. The normalized spacial score (nSPS) is 17.4. The maximum atomic E-state index is 10.1. The highest BCUT2D eigenvalue weighted by molar-refractivity contribution is 5.93. The zero-order chi connectivity index (χ0) is 12.4. The Hall–Kier alpha value is -2.02. The Bertz CT molecular complexity index is 635. The summed E-state index contributed by atoms with van der Waals surface area (Å²) in [6.45, 7) is 0.